The van der Waals surface area contributed by atoms with E-state index in [9.17, 15) is 24.3 Å². The van der Waals surface area contributed by atoms with Gasteiger partial charge in [-0.25, -0.2) is 4.79 Å². The summed E-state index contributed by atoms with van der Waals surface area (Å²) in [5.41, 5.74) is 5.83. The summed E-state index contributed by atoms with van der Waals surface area (Å²) in [6.45, 7) is 3.47. The lowest BCUT2D eigenvalue weighted by molar-refractivity contribution is -0.142. The summed E-state index contributed by atoms with van der Waals surface area (Å²) in [6, 6.07) is -2.61. The van der Waals surface area contributed by atoms with Crippen molar-refractivity contribution >= 4 is 47.2 Å². The normalized spacial score (nSPS) is 14.9. The zero-order valence-electron chi connectivity index (χ0n) is 17.5. The Morgan fingerprint density at radius 1 is 0.966 bits per heavy atom. The molecule has 4 unspecified atom stereocenters. The van der Waals surface area contributed by atoms with E-state index in [0.717, 1.165) is 6.42 Å². The van der Waals surface area contributed by atoms with Crippen LogP contribution in [-0.4, -0.2) is 77.5 Å². The fourth-order valence-corrected chi connectivity index (χ4v) is 3.26. The summed E-state index contributed by atoms with van der Waals surface area (Å²) in [7, 11) is 0. The number of hydrogen-bond acceptors (Lipinski definition) is 7. The molecule has 0 aliphatic heterocycles. The van der Waals surface area contributed by atoms with Crippen molar-refractivity contribution in [1.29, 1.82) is 0 Å². The number of carboxylic acids is 1. The monoisotopic (exact) mass is 450 g/mol. The minimum Gasteiger partial charge on any atom is -0.480 e. The number of nitrogens with one attached hydrogen (secondary N) is 3. The van der Waals surface area contributed by atoms with Crippen LogP contribution in [0.2, 0.25) is 0 Å². The standard InChI is InChI=1S/C18H34N4O5S2/c1-5-11(2)15(19)17(25)20-10-14(23)21-12(6-8-28-3)16(24)22-13(18(26)27)7-9-29-4/h11-13,15H,5-10,19H2,1-4H3,(H,20,25)(H,21,23)(H,22,24)(H,26,27). The lowest BCUT2D eigenvalue weighted by Crippen LogP contribution is -2.54. The second-order valence-corrected chi connectivity index (χ2v) is 8.68. The van der Waals surface area contributed by atoms with E-state index in [-0.39, 0.29) is 18.9 Å². The molecule has 0 aliphatic rings. The van der Waals surface area contributed by atoms with Crippen molar-refractivity contribution in [3.8, 4) is 0 Å². The average Bonchev–Trinajstić information content (AvgIpc) is 2.70. The van der Waals surface area contributed by atoms with E-state index >= 15 is 0 Å². The molecule has 0 heterocycles. The second kappa shape index (κ2) is 15.4. The molecule has 0 bridgehead atoms. The van der Waals surface area contributed by atoms with Gasteiger partial charge in [-0.2, -0.15) is 23.5 Å². The molecule has 0 radical (unpaired) electrons. The molecule has 0 aromatic carbocycles. The highest BCUT2D eigenvalue weighted by Gasteiger charge is 2.26. The van der Waals surface area contributed by atoms with Crippen molar-refractivity contribution in [1.82, 2.24) is 16.0 Å². The van der Waals surface area contributed by atoms with E-state index in [4.69, 9.17) is 5.73 Å². The third-order valence-electron chi connectivity index (χ3n) is 4.47. The molecule has 0 aromatic rings. The Morgan fingerprint density at radius 2 is 1.52 bits per heavy atom. The molecule has 0 saturated carbocycles. The first-order valence-corrected chi connectivity index (χ1v) is 12.3. The predicted octanol–water partition coefficient (Wildman–Crippen LogP) is 0.0364. The zero-order valence-corrected chi connectivity index (χ0v) is 19.2. The first-order chi connectivity index (χ1) is 13.7. The number of nitrogens with two attached hydrogens (primary N) is 1. The van der Waals surface area contributed by atoms with Crippen LogP contribution < -0.4 is 21.7 Å². The van der Waals surface area contributed by atoms with Crippen molar-refractivity contribution in [2.45, 2.75) is 51.2 Å². The summed E-state index contributed by atoms with van der Waals surface area (Å²) >= 11 is 2.99. The second-order valence-electron chi connectivity index (χ2n) is 6.71. The van der Waals surface area contributed by atoms with E-state index in [1.165, 1.54) is 23.5 Å². The Labute approximate surface area is 181 Å². The van der Waals surface area contributed by atoms with Gasteiger partial charge in [0.25, 0.3) is 0 Å². The van der Waals surface area contributed by atoms with Gasteiger partial charge >= 0.3 is 5.97 Å². The number of hydrogen-bond donors (Lipinski definition) is 5. The summed E-state index contributed by atoms with van der Waals surface area (Å²) in [5.74, 6) is -1.47. The minimum absolute atomic E-state index is 0.0209. The van der Waals surface area contributed by atoms with E-state index in [0.29, 0.717) is 17.9 Å². The number of amides is 3. The van der Waals surface area contributed by atoms with Crippen LogP contribution in [0.4, 0.5) is 0 Å². The Morgan fingerprint density at radius 3 is 2.00 bits per heavy atom. The minimum atomic E-state index is -1.12. The first kappa shape index (κ1) is 27.5. The molecule has 6 N–H and O–H groups in total. The van der Waals surface area contributed by atoms with Gasteiger partial charge in [-0.3, -0.25) is 14.4 Å². The van der Waals surface area contributed by atoms with Crippen LogP contribution in [0.3, 0.4) is 0 Å². The van der Waals surface area contributed by atoms with Crippen LogP contribution in [-0.2, 0) is 19.2 Å². The lowest BCUT2D eigenvalue weighted by atomic mass is 9.99. The highest BCUT2D eigenvalue weighted by Crippen LogP contribution is 2.06. The fourth-order valence-electron chi connectivity index (χ4n) is 2.31. The van der Waals surface area contributed by atoms with Crippen molar-refractivity contribution in [2.24, 2.45) is 11.7 Å². The Bertz CT molecular complexity index is 550. The molecular formula is C18H34N4O5S2. The molecule has 0 aromatic heterocycles. The Balaban J connectivity index is 4.83. The van der Waals surface area contributed by atoms with Crippen LogP contribution in [0, 0.1) is 5.92 Å². The summed E-state index contributed by atoms with van der Waals surface area (Å²) in [4.78, 5) is 48.1. The van der Waals surface area contributed by atoms with E-state index in [1.54, 1.807) is 0 Å². The van der Waals surface area contributed by atoms with Crippen molar-refractivity contribution in [3.63, 3.8) is 0 Å². The molecule has 29 heavy (non-hydrogen) atoms. The number of rotatable bonds is 15. The summed E-state index contributed by atoms with van der Waals surface area (Å²) in [6.07, 6.45) is 5.08. The van der Waals surface area contributed by atoms with Crippen molar-refractivity contribution in [2.75, 3.05) is 30.6 Å². The van der Waals surface area contributed by atoms with Crippen LogP contribution >= 0.6 is 23.5 Å². The zero-order chi connectivity index (χ0) is 22.4. The van der Waals surface area contributed by atoms with Gasteiger partial charge in [-0.15, -0.1) is 0 Å². The van der Waals surface area contributed by atoms with Gasteiger partial charge in [-0.05, 0) is 42.8 Å². The third kappa shape index (κ3) is 11.3. The molecule has 0 aliphatic carbocycles. The molecular weight excluding hydrogens is 416 g/mol. The van der Waals surface area contributed by atoms with Crippen LogP contribution in [0.25, 0.3) is 0 Å². The van der Waals surface area contributed by atoms with Gasteiger partial charge in [-0.1, -0.05) is 20.3 Å². The van der Waals surface area contributed by atoms with Gasteiger partial charge in [0.05, 0.1) is 12.6 Å². The molecule has 0 rings (SSSR count). The maximum absolute atomic E-state index is 12.5. The third-order valence-corrected chi connectivity index (χ3v) is 5.76. The van der Waals surface area contributed by atoms with E-state index < -0.39 is 41.8 Å². The van der Waals surface area contributed by atoms with E-state index in [1.807, 2.05) is 26.4 Å². The maximum atomic E-state index is 12.5. The molecule has 4 atom stereocenters. The van der Waals surface area contributed by atoms with Crippen molar-refractivity contribution < 1.29 is 24.3 Å². The summed E-state index contributed by atoms with van der Waals surface area (Å²) in [5, 5.41) is 16.8. The van der Waals surface area contributed by atoms with Gasteiger partial charge in [0.1, 0.15) is 12.1 Å². The number of thioether (sulfide) groups is 2. The van der Waals surface area contributed by atoms with Crippen LogP contribution in [0.15, 0.2) is 0 Å². The SMILES string of the molecule is CCC(C)C(N)C(=O)NCC(=O)NC(CCSC)C(=O)NC(CCSC)C(=O)O. The molecule has 0 fully saturated rings. The van der Waals surface area contributed by atoms with Gasteiger partial charge in [0, 0.05) is 0 Å². The lowest BCUT2D eigenvalue weighted by Gasteiger charge is -2.22. The van der Waals surface area contributed by atoms with E-state index in [2.05, 4.69) is 16.0 Å². The number of carboxylic acid groups (broad SMARTS) is 1. The molecule has 0 spiro atoms. The van der Waals surface area contributed by atoms with Crippen molar-refractivity contribution in [3.05, 3.63) is 0 Å². The smallest absolute Gasteiger partial charge is 0.326 e. The molecule has 11 heteroatoms. The quantitative estimate of drug-likeness (QED) is 0.235. The predicted molar refractivity (Wildman–Crippen MR) is 118 cm³/mol. The molecule has 9 nitrogen and oxygen atoms in total. The van der Waals surface area contributed by atoms with Gasteiger partial charge in [0.15, 0.2) is 0 Å². The van der Waals surface area contributed by atoms with Crippen LogP contribution in [0.1, 0.15) is 33.1 Å². The first-order valence-electron chi connectivity index (χ1n) is 9.51. The maximum Gasteiger partial charge on any atom is 0.326 e. The Hall–Kier alpha value is -1.46. The van der Waals surface area contributed by atoms with Gasteiger partial charge < -0.3 is 26.8 Å². The molecule has 3 amide bonds. The fraction of sp³-hybridized carbons (Fsp3) is 0.778. The Kier molecular flexibility index (Phi) is 14.6. The van der Waals surface area contributed by atoms with Gasteiger partial charge in [0.2, 0.25) is 17.7 Å². The molecule has 168 valence electrons. The highest BCUT2D eigenvalue weighted by molar-refractivity contribution is 7.98. The number of carbonyl (C=O) groups excluding carboxylic acids is 3. The topological polar surface area (TPSA) is 151 Å². The number of aliphatic carboxylic acids is 1. The average molecular weight is 451 g/mol. The van der Waals surface area contributed by atoms with Crippen LogP contribution in [0.5, 0.6) is 0 Å². The molecule has 0 saturated heterocycles. The number of carbonyl (C=O) groups is 4. The largest absolute Gasteiger partial charge is 0.480 e. The highest BCUT2D eigenvalue weighted by atomic mass is 32.2. The summed E-state index contributed by atoms with van der Waals surface area (Å²) < 4.78 is 0.